The predicted molar refractivity (Wildman–Crippen MR) is 78.6 cm³/mol. The van der Waals surface area contributed by atoms with Crippen molar-refractivity contribution in [3.8, 4) is 11.5 Å². The number of methoxy groups -OCH3 is 1. The fourth-order valence-corrected chi connectivity index (χ4v) is 1.90. The summed E-state index contributed by atoms with van der Waals surface area (Å²) in [5.74, 6) is 1.20. The number of benzene rings is 2. The van der Waals surface area contributed by atoms with E-state index in [1.807, 2.05) is 36.4 Å². The summed E-state index contributed by atoms with van der Waals surface area (Å²) in [4.78, 5) is 12.0. The van der Waals surface area contributed by atoms with E-state index in [1.165, 1.54) is 5.56 Å². The molecule has 0 bridgehead atoms. The van der Waals surface area contributed by atoms with Gasteiger partial charge in [0.1, 0.15) is 0 Å². The molecular weight excluding hydrogens is 252 g/mol. The summed E-state index contributed by atoms with van der Waals surface area (Å²) in [5.41, 5.74) is 1.82. The number of rotatable bonds is 6. The SMILES string of the molecule is CCc1ccc(OCC(=O)c2ccccc2)c(OC)c1. The van der Waals surface area contributed by atoms with Crippen LogP contribution in [0, 0.1) is 0 Å². The fraction of sp³-hybridized carbons (Fsp3) is 0.235. The van der Waals surface area contributed by atoms with Gasteiger partial charge < -0.3 is 9.47 Å². The topological polar surface area (TPSA) is 35.5 Å². The molecule has 2 aromatic carbocycles. The van der Waals surface area contributed by atoms with Gasteiger partial charge in [0.2, 0.25) is 0 Å². The Kier molecular flexibility index (Phi) is 4.77. The summed E-state index contributed by atoms with van der Waals surface area (Å²) in [6.07, 6.45) is 0.930. The van der Waals surface area contributed by atoms with Crippen LogP contribution in [-0.2, 0) is 6.42 Å². The zero-order valence-corrected chi connectivity index (χ0v) is 11.8. The second kappa shape index (κ2) is 6.75. The predicted octanol–water partition coefficient (Wildman–Crippen LogP) is 3.52. The van der Waals surface area contributed by atoms with Gasteiger partial charge in [-0.25, -0.2) is 0 Å². The summed E-state index contributed by atoms with van der Waals surface area (Å²) in [6.45, 7) is 2.08. The monoisotopic (exact) mass is 270 g/mol. The number of hydrogen-bond donors (Lipinski definition) is 0. The lowest BCUT2D eigenvalue weighted by molar-refractivity contribution is 0.0919. The van der Waals surface area contributed by atoms with E-state index in [0.717, 1.165) is 6.42 Å². The zero-order chi connectivity index (χ0) is 14.4. The molecule has 0 aliphatic carbocycles. The highest BCUT2D eigenvalue weighted by molar-refractivity contribution is 5.97. The van der Waals surface area contributed by atoms with E-state index in [9.17, 15) is 4.79 Å². The Labute approximate surface area is 119 Å². The smallest absolute Gasteiger partial charge is 0.200 e. The summed E-state index contributed by atoms with van der Waals surface area (Å²) < 4.78 is 10.9. The van der Waals surface area contributed by atoms with Crippen LogP contribution in [-0.4, -0.2) is 19.5 Å². The van der Waals surface area contributed by atoms with Crippen LogP contribution in [0.15, 0.2) is 48.5 Å². The standard InChI is InChI=1S/C17H18O3/c1-3-13-9-10-16(17(11-13)19-2)20-12-15(18)14-7-5-4-6-8-14/h4-11H,3,12H2,1-2H3. The lowest BCUT2D eigenvalue weighted by atomic mass is 10.1. The molecule has 0 unspecified atom stereocenters. The Morgan fingerprint density at radius 2 is 1.80 bits per heavy atom. The molecule has 0 spiro atoms. The van der Waals surface area contributed by atoms with Gasteiger partial charge in [0, 0.05) is 5.56 Å². The lowest BCUT2D eigenvalue weighted by Gasteiger charge is -2.11. The maximum absolute atomic E-state index is 12.0. The van der Waals surface area contributed by atoms with E-state index >= 15 is 0 Å². The van der Waals surface area contributed by atoms with Gasteiger partial charge in [0.05, 0.1) is 7.11 Å². The Morgan fingerprint density at radius 3 is 2.45 bits per heavy atom. The van der Waals surface area contributed by atoms with Crippen molar-refractivity contribution in [2.45, 2.75) is 13.3 Å². The van der Waals surface area contributed by atoms with Crippen molar-refractivity contribution < 1.29 is 14.3 Å². The molecule has 3 heteroatoms. The van der Waals surface area contributed by atoms with Gasteiger partial charge in [0.15, 0.2) is 23.9 Å². The third-order valence-corrected chi connectivity index (χ3v) is 3.09. The van der Waals surface area contributed by atoms with Gasteiger partial charge in [0.25, 0.3) is 0 Å². The van der Waals surface area contributed by atoms with Crippen LogP contribution >= 0.6 is 0 Å². The summed E-state index contributed by atoms with van der Waals surface area (Å²) in [5, 5.41) is 0. The van der Waals surface area contributed by atoms with Crippen molar-refractivity contribution in [2.24, 2.45) is 0 Å². The molecule has 0 atom stereocenters. The molecular formula is C17H18O3. The largest absolute Gasteiger partial charge is 0.493 e. The Morgan fingerprint density at radius 1 is 1.05 bits per heavy atom. The van der Waals surface area contributed by atoms with Crippen LogP contribution < -0.4 is 9.47 Å². The number of aryl methyl sites for hydroxylation is 1. The molecule has 0 aliphatic rings. The molecule has 0 N–H and O–H groups in total. The molecule has 2 rings (SSSR count). The van der Waals surface area contributed by atoms with E-state index in [1.54, 1.807) is 19.2 Å². The van der Waals surface area contributed by atoms with E-state index in [2.05, 4.69) is 6.92 Å². The van der Waals surface area contributed by atoms with Gasteiger partial charge >= 0.3 is 0 Å². The van der Waals surface area contributed by atoms with Crippen molar-refractivity contribution in [3.63, 3.8) is 0 Å². The van der Waals surface area contributed by atoms with Crippen molar-refractivity contribution in [2.75, 3.05) is 13.7 Å². The number of ether oxygens (including phenoxy) is 2. The quantitative estimate of drug-likeness (QED) is 0.753. The van der Waals surface area contributed by atoms with Crippen LogP contribution in [0.3, 0.4) is 0 Å². The van der Waals surface area contributed by atoms with Crippen LogP contribution in [0.25, 0.3) is 0 Å². The number of hydrogen-bond acceptors (Lipinski definition) is 3. The molecule has 0 heterocycles. The van der Waals surface area contributed by atoms with Crippen molar-refractivity contribution in [1.82, 2.24) is 0 Å². The second-order valence-corrected chi connectivity index (χ2v) is 4.42. The Bertz CT molecular complexity index is 576. The summed E-state index contributed by atoms with van der Waals surface area (Å²) in [6, 6.07) is 14.9. The normalized spacial score (nSPS) is 10.1. The van der Waals surface area contributed by atoms with Crippen molar-refractivity contribution >= 4 is 5.78 Å². The van der Waals surface area contributed by atoms with E-state index in [4.69, 9.17) is 9.47 Å². The van der Waals surface area contributed by atoms with Crippen LogP contribution in [0.4, 0.5) is 0 Å². The molecule has 0 radical (unpaired) electrons. The zero-order valence-electron chi connectivity index (χ0n) is 11.8. The van der Waals surface area contributed by atoms with Crippen molar-refractivity contribution in [1.29, 1.82) is 0 Å². The molecule has 20 heavy (non-hydrogen) atoms. The second-order valence-electron chi connectivity index (χ2n) is 4.42. The Balaban J connectivity index is 2.05. The van der Waals surface area contributed by atoms with E-state index in [0.29, 0.717) is 17.1 Å². The van der Waals surface area contributed by atoms with Crippen LogP contribution in [0.5, 0.6) is 11.5 Å². The molecule has 0 amide bonds. The number of ketones is 1. The van der Waals surface area contributed by atoms with Gasteiger partial charge in [-0.1, -0.05) is 43.3 Å². The third-order valence-electron chi connectivity index (χ3n) is 3.09. The molecule has 104 valence electrons. The highest BCUT2D eigenvalue weighted by Gasteiger charge is 2.09. The van der Waals surface area contributed by atoms with Crippen LogP contribution in [0.1, 0.15) is 22.8 Å². The fourth-order valence-electron chi connectivity index (χ4n) is 1.90. The first-order valence-electron chi connectivity index (χ1n) is 6.62. The molecule has 0 saturated carbocycles. The highest BCUT2D eigenvalue weighted by atomic mass is 16.5. The minimum atomic E-state index is -0.0489. The maximum atomic E-state index is 12.0. The maximum Gasteiger partial charge on any atom is 0.200 e. The van der Waals surface area contributed by atoms with E-state index in [-0.39, 0.29) is 12.4 Å². The van der Waals surface area contributed by atoms with Gasteiger partial charge in [-0.3, -0.25) is 4.79 Å². The lowest BCUT2D eigenvalue weighted by Crippen LogP contribution is -2.11. The van der Waals surface area contributed by atoms with Gasteiger partial charge in [-0.15, -0.1) is 0 Å². The average Bonchev–Trinajstić information content (AvgIpc) is 2.53. The van der Waals surface area contributed by atoms with Crippen LogP contribution in [0.2, 0.25) is 0 Å². The highest BCUT2D eigenvalue weighted by Crippen LogP contribution is 2.28. The number of carbonyl (C=O) groups excluding carboxylic acids is 1. The first kappa shape index (κ1) is 14.1. The van der Waals surface area contributed by atoms with Gasteiger partial charge in [-0.2, -0.15) is 0 Å². The molecule has 0 aliphatic heterocycles. The first-order valence-corrected chi connectivity index (χ1v) is 6.62. The molecule has 3 nitrogen and oxygen atoms in total. The third kappa shape index (κ3) is 3.38. The molecule has 0 aromatic heterocycles. The number of Topliss-reactive ketones (excluding diaryl/α,β-unsaturated/α-hetero) is 1. The van der Waals surface area contributed by atoms with Gasteiger partial charge in [-0.05, 0) is 24.1 Å². The molecule has 0 fully saturated rings. The average molecular weight is 270 g/mol. The number of carbonyl (C=O) groups is 1. The Hall–Kier alpha value is -2.29. The van der Waals surface area contributed by atoms with E-state index < -0.39 is 0 Å². The molecule has 0 saturated heterocycles. The minimum absolute atomic E-state index is 0.00580. The summed E-state index contributed by atoms with van der Waals surface area (Å²) >= 11 is 0. The minimum Gasteiger partial charge on any atom is -0.493 e. The van der Waals surface area contributed by atoms with Crippen molar-refractivity contribution in [3.05, 3.63) is 59.7 Å². The summed E-state index contributed by atoms with van der Waals surface area (Å²) in [7, 11) is 1.60. The molecule has 2 aromatic rings. The first-order chi connectivity index (χ1) is 9.74.